The van der Waals surface area contributed by atoms with E-state index >= 15 is 0 Å². The number of amides is 1. The molecular formula is C21H22N2O5. The van der Waals surface area contributed by atoms with Gasteiger partial charge >= 0.3 is 5.97 Å². The van der Waals surface area contributed by atoms with Gasteiger partial charge in [0.15, 0.2) is 12.7 Å². The van der Waals surface area contributed by atoms with Crippen molar-refractivity contribution >= 4 is 11.9 Å². The Morgan fingerprint density at radius 3 is 2.46 bits per heavy atom. The van der Waals surface area contributed by atoms with Crippen LogP contribution in [0, 0.1) is 11.3 Å². The van der Waals surface area contributed by atoms with E-state index in [1.807, 2.05) is 30.3 Å². The van der Waals surface area contributed by atoms with Gasteiger partial charge in [-0.05, 0) is 37.3 Å². The Balaban J connectivity index is 1.83. The molecule has 1 amide bonds. The molecule has 0 saturated heterocycles. The average Bonchev–Trinajstić information content (AvgIpc) is 2.72. The first-order valence-corrected chi connectivity index (χ1v) is 8.64. The van der Waals surface area contributed by atoms with Crippen LogP contribution >= 0.6 is 0 Å². The van der Waals surface area contributed by atoms with Crippen LogP contribution in [0.2, 0.25) is 0 Å². The van der Waals surface area contributed by atoms with E-state index in [0.29, 0.717) is 23.6 Å². The van der Waals surface area contributed by atoms with E-state index in [1.54, 1.807) is 38.4 Å². The van der Waals surface area contributed by atoms with Crippen molar-refractivity contribution in [1.82, 2.24) is 4.90 Å². The van der Waals surface area contributed by atoms with Crippen LogP contribution < -0.4 is 9.47 Å². The highest BCUT2D eigenvalue weighted by Crippen LogP contribution is 2.19. The van der Waals surface area contributed by atoms with E-state index in [1.165, 1.54) is 11.8 Å². The zero-order valence-corrected chi connectivity index (χ0v) is 16.0. The number of hydrogen-bond acceptors (Lipinski definition) is 6. The number of para-hydroxylation sites is 1. The van der Waals surface area contributed by atoms with E-state index in [-0.39, 0.29) is 12.5 Å². The minimum absolute atomic E-state index is 0.331. The fraction of sp³-hybridized carbons (Fsp3) is 0.286. The average molecular weight is 382 g/mol. The number of methoxy groups -OCH3 is 1. The smallest absolute Gasteiger partial charge is 0.347 e. The minimum Gasteiger partial charge on any atom is -0.496 e. The fourth-order valence-corrected chi connectivity index (χ4v) is 2.40. The molecule has 1 atom stereocenters. The summed E-state index contributed by atoms with van der Waals surface area (Å²) in [6.45, 7) is 1.48. The Hall–Kier alpha value is -3.53. The number of esters is 1. The molecule has 0 N–H and O–H groups in total. The molecule has 2 rings (SSSR count). The topological polar surface area (TPSA) is 88.9 Å². The highest BCUT2D eigenvalue weighted by Gasteiger charge is 2.19. The summed E-state index contributed by atoms with van der Waals surface area (Å²) in [4.78, 5) is 25.8. The predicted octanol–water partition coefficient (Wildman–Crippen LogP) is 2.54. The molecule has 0 saturated carbocycles. The zero-order chi connectivity index (χ0) is 20.5. The number of hydrogen-bond donors (Lipinski definition) is 0. The van der Waals surface area contributed by atoms with Gasteiger partial charge in [0, 0.05) is 19.2 Å². The number of benzene rings is 2. The summed E-state index contributed by atoms with van der Waals surface area (Å²) in [6.07, 6.45) is -0.889. The summed E-state index contributed by atoms with van der Waals surface area (Å²) < 4.78 is 15.8. The molecule has 0 aliphatic rings. The number of likely N-dealkylation sites (N-methyl/N-ethyl adjacent to an activating group) is 1. The molecule has 0 heterocycles. The van der Waals surface area contributed by atoms with Gasteiger partial charge in [-0.25, -0.2) is 4.79 Å². The molecule has 0 fully saturated rings. The van der Waals surface area contributed by atoms with Gasteiger partial charge in [-0.2, -0.15) is 5.26 Å². The van der Waals surface area contributed by atoms with Gasteiger partial charge in [-0.1, -0.05) is 18.2 Å². The van der Waals surface area contributed by atoms with Crippen molar-refractivity contribution in [3.05, 3.63) is 59.7 Å². The molecule has 7 heteroatoms. The Labute approximate surface area is 164 Å². The van der Waals surface area contributed by atoms with Crippen molar-refractivity contribution in [2.24, 2.45) is 0 Å². The first-order chi connectivity index (χ1) is 13.4. The van der Waals surface area contributed by atoms with Crippen LogP contribution in [0.4, 0.5) is 0 Å². The van der Waals surface area contributed by atoms with Gasteiger partial charge in [0.1, 0.15) is 11.5 Å². The van der Waals surface area contributed by atoms with Gasteiger partial charge < -0.3 is 19.1 Å². The van der Waals surface area contributed by atoms with E-state index in [2.05, 4.69) is 0 Å². The first kappa shape index (κ1) is 20.8. The van der Waals surface area contributed by atoms with Gasteiger partial charge in [-0.3, -0.25) is 4.79 Å². The quantitative estimate of drug-likeness (QED) is 0.652. The maximum Gasteiger partial charge on any atom is 0.347 e. The lowest BCUT2D eigenvalue weighted by molar-refractivity contribution is -0.157. The Morgan fingerprint density at radius 1 is 1.14 bits per heavy atom. The number of nitriles is 1. The van der Waals surface area contributed by atoms with E-state index in [4.69, 9.17) is 19.5 Å². The summed E-state index contributed by atoms with van der Waals surface area (Å²) in [7, 11) is 3.19. The van der Waals surface area contributed by atoms with Crippen LogP contribution in [0.15, 0.2) is 48.5 Å². The Bertz CT molecular complexity index is 858. The summed E-state index contributed by atoms with van der Waals surface area (Å²) >= 11 is 0. The molecule has 0 aliphatic carbocycles. The van der Waals surface area contributed by atoms with Crippen LogP contribution in [0.3, 0.4) is 0 Å². The number of rotatable bonds is 8. The van der Waals surface area contributed by atoms with Gasteiger partial charge in [0.25, 0.3) is 5.91 Å². The molecular weight excluding hydrogens is 360 g/mol. The van der Waals surface area contributed by atoms with Crippen LogP contribution in [-0.2, 0) is 20.9 Å². The van der Waals surface area contributed by atoms with Crippen molar-refractivity contribution in [2.75, 3.05) is 20.8 Å². The SMILES string of the molecule is COc1ccccc1CN(C)C(=O)COC(=O)[C@H](C)Oc1ccc(C#N)cc1. The van der Waals surface area contributed by atoms with Gasteiger partial charge in [0.05, 0.1) is 18.7 Å². The summed E-state index contributed by atoms with van der Waals surface area (Å²) in [5.41, 5.74) is 1.34. The normalized spacial score (nSPS) is 11.1. The lowest BCUT2D eigenvalue weighted by Crippen LogP contribution is -2.34. The summed E-state index contributed by atoms with van der Waals surface area (Å²) in [5.74, 6) is 0.125. The lowest BCUT2D eigenvalue weighted by atomic mass is 10.2. The molecule has 0 spiro atoms. The van der Waals surface area contributed by atoms with Crippen molar-refractivity contribution < 1.29 is 23.8 Å². The number of nitrogens with zero attached hydrogens (tertiary/aromatic N) is 2. The second-order valence-corrected chi connectivity index (χ2v) is 6.07. The van der Waals surface area contributed by atoms with Crippen LogP contribution in [0.5, 0.6) is 11.5 Å². The highest BCUT2D eigenvalue weighted by atomic mass is 16.6. The fourth-order valence-electron chi connectivity index (χ4n) is 2.40. The molecule has 0 unspecified atom stereocenters. The number of carbonyl (C=O) groups is 2. The summed E-state index contributed by atoms with van der Waals surface area (Å²) in [5, 5.41) is 8.78. The summed E-state index contributed by atoms with van der Waals surface area (Å²) in [6, 6.07) is 15.7. The van der Waals surface area contributed by atoms with Gasteiger partial charge in [0.2, 0.25) is 0 Å². The first-order valence-electron chi connectivity index (χ1n) is 8.64. The van der Waals surface area contributed by atoms with Crippen molar-refractivity contribution in [2.45, 2.75) is 19.6 Å². The number of carbonyl (C=O) groups excluding carboxylic acids is 2. The Kier molecular flexibility index (Phi) is 7.40. The van der Waals surface area contributed by atoms with E-state index in [0.717, 1.165) is 5.56 Å². The molecule has 0 bridgehead atoms. The third-order valence-electron chi connectivity index (χ3n) is 3.99. The Morgan fingerprint density at radius 2 is 1.82 bits per heavy atom. The molecule has 146 valence electrons. The van der Waals surface area contributed by atoms with Crippen molar-refractivity contribution in [1.29, 1.82) is 5.26 Å². The molecule has 0 aromatic heterocycles. The molecule has 0 aliphatic heterocycles. The standard InChI is InChI=1S/C21H22N2O5/c1-15(28-18-10-8-16(12-22)9-11-18)21(25)27-14-20(24)23(2)13-17-6-4-5-7-19(17)26-3/h4-11,15H,13-14H2,1-3H3/t15-/m0/s1. The molecule has 7 nitrogen and oxygen atoms in total. The second kappa shape index (κ2) is 9.97. The zero-order valence-electron chi connectivity index (χ0n) is 16.0. The minimum atomic E-state index is -0.889. The third-order valence-corrected chi connectivity index (χ3v) is 3.99. The molecule has 28 heavy (non-hydrogen) atoms. The second-order valence-electron chi connectivity index (χ2n) is 6.07. The van der Waals surface area contributed by atoms with E-state index < -0.39 is 12.1 Å². The third kappa shape index (κ3) is 5.74. The van der Waals surface area contributed by atoms with Crippen molar-refractivity contribution in [3.8, 4) is 17.6 Å². The monoisotopic (exact) mass is 382 g/mol. The molecule has 2 aromatic carbocycles. The predicted molar refractivity (Wildman–Crippen MR) is 102 cm³/mol. The largest absolute Gasteiger partial charge is 0.496 e. The highest BCUT2D eigenvalue weighted by molar-refractivity contribution is 5.82. The van der Waals surface area contributed by atoms with Crippen LogP contribution in [0.25, 0.3) is 0 Å². The molecule has 0 radical (unpaired) electrons. The van der Waals surface area contributed by atoms with E-state index in [9.17, 15) is 9.59 Å². The van der Waals surface area contributed by atoms with Crippen molar-refractivity contribution in [3.63, 3.8) is 0 Å². The lowest BCUT2D eigenvalue weighted by Gasteiger charge is -2.19. The van der Waals surface area contributed by atoms with Crippen LogP contribution in [-0.4, -0.2) is 43.6 Å². The number of ether oxygens (including phenoxy) is 3. The van der Waals surface area contributed by atoms with Gasteiger partial charge in [-0.15, -0.1) is 0 Å². The maximum absolute atomic E-state index is 12.2. The maximum atomic E-state index is 12.2. The molecule has 2 aromatic rings. The van der Waals surface area contributed by atoms with Crippen LogP contribution in [0.1, 0.15) is 18.1 Å².